The summed E-state index contributed by atoms with van der Waals surface area (Å²) >= 11 is 0. The molecule has 260 valence electrons. The number of carbonyl (C=O) groups excluding carboxylic acids is 3. The van der Waals surface area contributed by atoms with Gasteiger partial charge in [-0.2, -0.15) is 0 Å². The summed E-state index contributed by atoms with van der Waals surface area (Å²) in [6, 6.07) is 0. The minimum atomic E-state index is -0.419. The zero-order valence-corrected chi connectivity index (χ0v) is 26.6. The van der Waals surface area contributed by atoms with Crippen molar-refractivity contribution in [1.82, 2.24) is 4.90 Å². The zero-order chi connectivity index (χ0) is 32.6. The first-order chi connectivity index (χ1) is 22.0. The van der Waals surface area contributed by atoms with E-state index in [0.717, 1.165) is 4.90 Å². The predicted octanol–water partition coefficient (Wildman–Crippen LogP) is 0.197. The highest BCUT2D eigenvalue weighted by Gasteiger charge is 2.22. The van der Waals surface area contributed by atoms with Gasteiger partial charge in [-0.1, -0.05) is 6.58 Å². The summed E-state index contributed by atoms with van der Waals surface area (Å²) in [4.78, 5) is 35.1. The second kappa shape index (κ2) is 30.3. The lowest BCUT2D eigenvalue weighted by Crippen LogP contribution is -2.33. The smallest absolute Gasteiger partial charge is 0.333 e. The second-order valence-corrected chi connectivity index (χ2v) is 9.20. The Hall–Kier alpha value is -2.31. The molecule has 1 aliphatic rings. The summed E-state index contributed by atoms with van der Waals surface area (Å²) < 4.78 is 59.0. The molecular formula is C30H51NO14. The summed E-state index contributed by atoms with van der Waals surface area (Å²) in [6.07, 6.45) is 2.50. The molecule has 0 saturated carbocycles. The normalized spacial score (nSPS) is 12.9. The average Bonchev–Trinajstić information content (AvgIpc) is 3.35. The maximum absolute atomic E-state index is 11.4. The van der Waals surface area contributed by atoms with Gasteiger partial charge in [0.25, 0.3) is 11.8 Å². The van der Waals surface area contributed by atoms with E-state index in [9.17, 15) is 14.4 Å². The Balaban J connectivity index is 1.64. The average molecular weight is 650 g/mol. The molecule has 0 aromatic rings. The quantitative estimate of drug-likeness (QED) is 0.0403. The van der Waals surface area contributed by atoms with Crippen molar-refractivity contribution in [2.45, 2.75) is 6.92 Å². The molecule has 0 bridgehead atoms. The molecule has 0 radical (unpaired) electrons. The van der Waals surface area contributed by atoms with E-state index in [0.29, 0.717) is 131 Å². The SMILES string of the molecule is C=C(C)C(=O)OCCOCCOCCOCCOCCOCCOCCOCCOCCOCCOCCN1C(=O)C=CC1=O. The van der Waals surface area contributed by atoms with E-state index in [2.05, 4.69) is 6.58 Å². The number of rotatable bonds is 34. The lowest BCUT2D eigenvalue weighted by Gasteiger charge is -2.13. The topological polar surface area (TPSA) is 156 Å². The maximum Gasteiger partial charge on any atom is 0.333 e. The van der Waals surface area contributed by atoms with Crippen LogP contribution in [0.3, 0.4) is 0 Å². The molecule has 0 aliphatic carbocycles. The van der Waals surface area contributed by atoms with Gasteiger partial charge in [-0.25, -0.2) is 4.79 Å². The maximum atomic E-state index is 11.4. The third-order valence-electron chi connectivity index (χ3n) is 5.52. The van der Waals surface area contributed by atoms with Crippen LogP contribution < -0.4 is 0 Å². The van der Waals surface area contributed by atoms with Crippen LogP contribution in [0.15, 0.2) is 24.3 Å². The highest BCUT2D eigenvalue weighted by atomic mass is 16.6. The monoisotopic (exact) mass is 649 g/mol. The number of hydrogen-bond acceptors (Lipinski definition) is 14. The lowest BCUT2D eigenvalue weighted by atomic mass is 10.4. The summed E-state index contributed by atoms with van der Waals surface area (Å²) in [7, 11) is 0. The zero-order valence-electron chi connectivity index (χ0n) is 26.6. The first-order valence-electron chi connectivity index (χ1n) is 15.2. The Labute approximate surface area is 265 Å². The number of hydrogen-bond donors (Lipinski definition) is 0. The summed E-state index contributed by atoms with van der Waals surface area (Å²) in [6.45, 7) is 14.3. The van der Waals surface area contributed by atoms with Crippen LogP contribution in [-0.2, 0) is 66.5 Å². The minimum Gasteiger partial charge on any atom is -0.460 e. The minimum absolute atomic E-state index is 0.192. The molecule has 0 aromatic carbocycles. The third-order valence-corrected chi connectivity index (χ3v) is 5.52. The van der Waals surface area contributed by atoms with Crippen LogP contribution in [0.5, 0.6) is 0 Å². The van der Waals surface area contributed by atoms with Crippen molar-refractivity contribution in [3.05, 3.63) is 24.3 Å². The summed E-state index contributed by atoms with van der Waals surface area (Å²) in [5.41, 5.74) is 0.364. The first-order valence-corrected chi connectivity index (χ1v) is 15.2. The highest BCUT2D eigenvalue weighted by Crippen LogP contribution is 2.02. The van der Waals surface area contributed by atoms with Crippen LogP contribution in [0.1, 0.15) is 6.92 Å². The molecule has 15 heteroatoms. The van der Waals surface area contributed by atoms with Crippen molar-refractivity contribution < 1.29 is 66.5 Å². The van der Waals surface area contributed by atoms with E-state index >= 15 is 0 Å². The number of carbonyl (C=O) groups is 3. The van der Waals surface area contributed by atoms with E-state index in [1.165, 1.54) is 12.2 Å². The third kappa shape index (κ3) is 25.6. The van der Waals surface area contributed by atoms with E-state index in [-0.39, 0.29) is 31.6 Å². The molecule has 0 atom stereocenters. The molecule has 0 spiro atoms. The van der Waals surface area contributed by atoms with Crippen LogP contribution in [0.2, 0.25) is 0 Å². The molecule has 1 heterocycles. The van der Waals surface area contributed by atoms with Crippen LogP contribution in [0, 0.1) is 0 Å². The summed E-state index contributed by atoms with van der Waals surface area (Å²) in [5.74, 6) is -1.04. The molecule has 15 nitrogen and oxygen atoms in total. The molecule has 0 aromatic heterocycles. The lowest BCUT2D eigenvalue weighted by molar-refractivity contribution is -0.141. The Bertz CT molecular complexity index is 792. The Kier molecular flexibility index (Phi) is 27.5. The van der Waals surface area contributed by atoms with Gasteiger partial charge < -0.3 is 52.1 Å². The fourth-order valence-corrected chi connectivity index (χ4v) is 3.21. The van der Waals surface area contributed by atoms with E-state index < -0.39 is 5.97 Å². The van der Waals surface area contributed by atoms with Crippen molar-refractivity contribution >= 4 is 17.8 Å². The van der Waals surface area contributed by atoms with Crippen LogP contribution in [0.4, 0.5) is 0 Å². The number of imide groups is 1. The second-order valence-electron chi connectivity index (χ2n) is 9.20. The van der Waals surface area contributed by atoms with E-state index in [4.69, 9.17) is 52.1 Å². The van der Waals surface area contributed by atoms with Gasteiger partial charge in [0.05, 0.1) is 139 Å². The van der Waals surface area contributed by atoms with Crippen molar-refractivity contribution in [1.29, 1.82) is 0 Å². The number of amides is 2. The molecule has 2 amide bonds. The van der Waals surface area contributed by atoms with E-state index in [1.54, 1.807) is 6.92 Å². The fourth-order valence-electron chi connectivity index (χ4n) is 3.21. The predicted molar refractivity (Wildman–Crippen MR) is 160 cm³/mol. The molecule has 0 saturated heterocycles. The van der Waals surface area contributed by atoms with Crippen molar-refractivity contribution in [3.8, 4) is 0 Å². The Morgan fingerprint density at radius 2 is 0.733 bits per heavy atom. The molecule has 0 N–H and O–H groups in total. The number of esters is 1. The van der Waals surface area contributed by atoms with Gasteiger partial charge >= 0.3 is 5.97 Å². The van der Waals surface area contributed by atoms with E-state index in [1.807, 2.05) is 0 Å². The largest absolute Gasteiger partial charge is 0.460 e. The van der Waals surface area contributed by atoms with Crippen molar-refractivity contribution in [3.63, 3.8) is 0 Å². The number of nitrogens with zero attached hydrogens (tertiary/aromatic N) is 1. The first kappa shape index (κ1) is 40.7. The van der Waals surface area contributed by atoms with Gasteiger partial charge in [-0.3, -0.25) is 14.5 Å². The molecule has 45 heavy (non-hydrogen) atoms. The van der Waals surface area contributed by atoms with Gasteiger partial charge in [-0.15, -0.1) is 0 Å². The van der Waals surface area contributed by atoms with Gasteiger partial charge in [0.15, 0.2) is 0 Å². The molecular weight excluding hydrogens is 598 g/mol. The molecule has 1 rings (SSSR count). The Morgan fingerprint density at radius 1 is 0.489 bits per heavy atom. The van der Waals surface area contributed by atoms with Gasteiger partial charge in [0, 0.05) is 17.7 Å². The van der Waals surface area contributed by atoms with Crippen molar-refractivity contribution in [2.24, 2.45) is 0 Å². The standard InChI is InChI=1S/C30H51NO14/c1-27(2)30(34)45-26-25-44-24-23-43-22-21-42-20-19-41-18-17-40-16-15-39-14-13-38-12-11-37-10-9-36-8-7-35-6-5-31-28(32)3-4-29(31)33/h3-4H,1,5-26H2,2H3. The molecule has 0 unspecified atom stereocenters. The summed E-state index contributed by atoms with van der Waals surface area (Å²) in [5, 5.41) is 0. The Morgan fingerprint density at radius 3 is 1.00 bits per heavy atom. The number of ether oxygens (including phenoxy) is 11. The molecule has 1 aliphatic heterocycles. The van der Waals surface area contributed by atoms with Crippen molar-refractivity contribution in [2.75, 3.05) is 145 Å². The van der Waals surface area contributed by atoms with Crippen LogP contribution >= 0.6 is 0 Å². The highest BCUT2D eigenvalue weighted by molar-refractivity contribution is 6.12. The van der Waals surface area contributed by atoms with Gasteiger partial charge in [-0.05, 0) is 6.92 Å². The van der Waals surface area contributed by atoms with Crippen LogP contribution in [-0.4, -0.2) is 168 Å². The van der Waals surface area contributed by atoms with Gasteiger partial charge in [0.1, 0.15) is 6.61 Å². The van der Waals surface area contributed by atoms with Crippen LogP contribution in [0.25, 0.3) is 0 Å². The molecule has 0 fully saturated rings. The van der Waals surface area contributed by atoms with Gasteiger partial charge in [0.2, 0.25) is 0 Å². The fraction of sp³-hybridized carbons (Fsp3) is 0.767.